The molecule has 0 spiro atoms. The molecule has 1 nitrogen and oxygen atoms in total. The molecule has 80 valence electrons. The molecule has 0 saturated carbocycles. The van der Waals surface area contributed by atoms with Gasteiger partial charge in [-0.05, 0) is 30.8 Å². The highest BCUT2D eigenvalue weighted by atomic mass is 35.5. The van der Waals surface area contributed by atoms with Crippen LogP contribution in [0.25, 0.3) is 0 Å². The zero-order chi connectivity index (χ0) is 9.68. The highest BCUT2D eigenvalue weighted by Crippen LogP contribution is 2.12. The SMILES string of the molecule is CCN(CC)Cc1cccc(Cl)c1.Cl. The van der Waals surface area contributed by atoms with Crippen molar-refractivity contribution < 1.29 is 0 Å². The van der Waals surface area contributed by atoms with Crippen molar-refractivity contribution in [2.75, 3.05) is 13.1 Å². The van der Waals surface area contributed by atoms with E-state index in [9.17, 15) is 0 Å². The Morgan fingerprint density at radius 1 is 1.21 bits per heavy atom. The van der Waals surface area contributed by atoms with E-state index in [0.29, 0.717) is 0 Å². The van der Waals surface area contributed by atoms with Crippen LogP contribution in [0.2, 0.25) is 5.02 Å². The predicted octanol–water partition coefficient (Wildman–Crippen LogP) is 3.60. The van der Waals surface area contributed by atoms with Crippen molar-refractivity contribution in [2.24, 2.45) is 0 Å². The first-order valence-electron chi connectivity index (χ1n) is 4.73. The Morgan fingerprint density at radius 3 is 2.36 bits per heavy atom. The molecule has 0 aliphatic rings. The maximum absolute atomic E-state index is 5.90. The zero-order valence-corrected chi connectivity index (χ0v) is 10.2. The Balaban J connectivity index is 0.00000169. The van der Waals surface area contributed by atoms with Crippen molar-refractivity contribution in [3.8, 4) is 0 Å². The molecule has 0 radical (unpaired) electrons. The molecule has 0 saturated heterocycles. The van der Waals surface area contributed by atoms with Gasteiger partial charge in [-0.25, -0.2) is 0 Å². The van der Waals surface area contributed by atoms with E-state index in [2.05, 4.69) is 24.8 Å². The monoisotopic (exact) mass is 233 g/mol. The zero-order valence-electron chi connectivity index (χ0n) is 8.66. The van der Waals surface area contributed by atoms with Crippen LogP contribution in [0.1, 0.15) is 19.4 Å². The van der Waals surface area contributed by atoms with Crippen LogP contribution in [0, 0.1) is 0 Å². The highest BCUT2D eigenvalue weighted by molar-refractivity contribution is 6.30. The third kappa shape index (κ3) is 4.32. The van der Waals surface area contributed by atoms with Gasteiger partial charge in [-0.15, -0.1) is 12.4 Å². The normalized spacial score (nSPS) is 10.0. The molecular weight excluding hydrogens is 217 g/mol. The summed E-state index contributed by atoms with van der Waals surface area (Å²) in [5, 5.41) is 0.824. The smallest absolute Gasteiger partial charge is 0.0409 e. The first-order chi connectivity index (χ1) is 6.26. The molecule has 0 heterocycles. The van der Waals surface area contributed by atoms with Gasteiger partial charge in [0.2, 0.25) is 0 Å². The summed E-state index contributed by atoms with van der Waals surface area (Å²) in [5.41, 5.74) is 1.29. The first-order valence-corrected chi connectivity index (χ1v) is 5.10. The van der Waals surface area contributed by atoms with Gasteiger partial charge in [-0.1, -0.05) is 37.6 Å². The highest BCUT2D eigenvalue weighted by Gasteiger charge is 2.00. The third-order valence-corrected chi connectivity index (χ3v) is 2.42. The number of hydrogen-bond acceptors (Lipinski definition) is 1. The predicted molar refractivity (Wildman–Crippen MR) is 65.3 cm³/mol. The molecule has 0 atom stereocenters. The molecule has 0 aromatic heterocycles. The van der Waals surface area contributed by atoms with E-state index in [-0.39, 0.29) is 12.4 Å². The lowest BCUT2D eigenvalue weighted by atomic mass is 10.2. The fourth-order valence-corrected chi connectivity index (χ4v) is 1.55. The Hall–Kier alpha value is -0.240. The van der Waals surface area contributed by atoms with E-state index >= 15 is 0 Å². The molecule has 0 unspecified atom stereocenters. The van der Waals surface area contributed by atoms with Crippen molar-refractivity contribution in [2.45, 2.75) is 20.4 Å². The largest absolute Gasteiger partial charge is 0.300 e. The molecule has 1 aromatic carbocycles. The topological polar surface area (TPSA) is 3.24 Å². The van der Waals surface area contributed by atoms with Crippen LogP contribution < -0.4 is 0 Å². The van der Waals surface area contributed by atoms with E-state index in [1.807, 2.05) is 18.2 Å². The maximum Gasteiger partial charge on any atom is 0.0409 e. The van der Waals surface area contributed by atoms with Crippen LogP contribution in [0.15, 0.2) is 24.3 Å². The van der Waals surface area contributed by atoms with Crippen molar-refractivity contribution in [3.05, 3.63) is 34.9 Å². The summed E-state index contributed by atoms with van der Waals surface area (Å²) in [4.78, 5) is 2.37. The summed E-state index contributed by atoms with van der Waals surface area (Å²) in [5.74, 6) is 0. The van der Waals surface area contributed by atoms with Crippen molar-refractivity contribution >= 4 is 24.0 Å². The van der Waals surface area contributed by atoms with Gasteiger partial charge in [0.25, 0.3) is 0 Å². The quantitative estimate of drug-likeness (QED) is 0.769. The van der Waals surface area contributed by atoms with Crippen molar-refractivity contribution in [3.63, 3.8) is 0 Å². The van der Waals surface area contributed by atoms with E-state index in [0.717, 1.165) is 24.7 Å². The van der Waals surface area contributed by atoms with Gasteiger partial charge >= 0.3 is 0 Å². The van der Waals surface area contributed by atoms with Crippen LogP contribution in [-0.4, -0.2) is 18.0 Å². The van der Waals surface area contributed by atoms with Gasteiger partial charge in [0.15, 0.2) is 0 Å². The summed E-state index contributed by atoms with van der Waals surface area (Å²) in [6.45, 7) is 7.52. The lowest BCUT2D eigenvalue weighted by molar-refractivity contribution is 0.296. The third-order valence-electron chi connectivity index (χ3n) is 2.19. The average Bonchev–Trinajstić information content (AvgIpc) is 2.14. The second-order valence-electron chi connectivity index (χ2n) is 3.09. The minimum absolute atomic E-state index is 0. The van der Waals surface area contributed by atoms with E-state index in [1.165, 1.54) is 5.56 Å². The molecule has 3 heteroatoms. The standard InChI is InChI=1S/C11H16ClN.ClH/c1-3-13(4-2)9-10-6-5-7-11(12)8-10;/h5-8H,3-4,9H2,1-2H3;1H. The minimum atomic E-state index is 0. The second kappa shape index (κ2) is 7.10. The van der Waals surface area contributed by atoms with E-state index in [4.69, 9.17) is 11.6 Å². The molecule has 14 heavy (non-hydrogen) atoms. The molecule has 0 bridgehead atoms. The fraction of sp³-hybridized carbons (Fsp3) is 0.455. The minimum Gasteiger partial charge on any atom is -0.300 e. The van der Waals surface area contributed by atoms with Gasteiger partial charge in [0, 0.05) is 11.6 Å². The van der Waals surface area contributed by atoms with E-state index in [1.54, 1.807) is 0 Å². The van der Waals surface area contributed by atoms with Crippen LogP contribution >= 0.6 is 24.0 Å². The number of hydrogen-bond donors (Lipinski definition) is 0. The van der Waals surface area contributed by atoms with Crippen molar-refractivity contribution in [1.29, 1.82) is 0 Å². The lowest BCUT2D eigenvalue weighted by Gasteiger charge is -2.17. The molecule has 0 N–H and O–H groups in total. The summed E-state index contributed by atoms with van der Waals surface area (Å²) >= 11 is 5.90. The number of nitrogens with zero attached hydrogens (tertiary/aromatic N) is 1. The maximum atomic E-state index is 5.90. The Bertz CT molecular complexity index is 259. The molecule has 0 aliphatic carbocycles. The average molecular weight is 234 g/mol. The molecule has 0 aliphatic heterocycles. The molecule has 0 fully saturated rings. The molecular formula is C11H17Cl2N. The van der Waals surface area contributed by atoms with Gasteiger partial charge in [0.1, 0.15) is 0 Å². The number of benzene rings is 1. The van der Waals surface area contributed by atoms with Crippen LogP contribution in [0.3, 0.4) is 0 Å². The van der Waals surface area contributed by atoms with E-state index < -0.39 is 0 Å². The number of halogens is 2. The van der Waals surface area contributed by atoms with Gasteiger partial charge in [0.05, 0.1) is 0 Å². The first kappa shape index (κ1) is 13.8. The van der Waals surface area contributed by atoms with Crippen molar-refractivity contribution in [1.82, 2.24) is 4.90 Å². The van der Waals surface area contributed by atoms with Gasteiger partial charge < -0.3 is 0 Å². The fourth-order valence-electron chi connectivity index (χ4n) is 1.34. The molecule has 1 rings (SSSR count). The Morgan fingerprint density at radius 2 is 1.86 bits per heavy atom. The summed E-state index contributed by atoms with van der Waals surface area (Å²) in [6.07, 6.45) is 0. The lowest BCUT2D eigenvalue weighted by Crippen LogP contribution is -2.21. The van der Waals surface area contributed by atoms with Gasteiger partial charge in [-0.2, -0.15) is 0 Å². The summed E-state index contributed by atoms with van der Waals surface area (Å²) < 4.78 is 0. The molecule has 1 aromatic rings. The Kier molecular flexibility index (Phi) is 6.98. The van der Waals surface area contributed by atoms with Gasteiger partial charge in [-0.3, -0.25) is 4.90 Å². The second-order valence-corrected chi connectivity index (χ2v) is 3.53. The Labute approximate surface area is 97.5 Å². The number of rotatable bonds is 4. The summed E-state index contributed by atoms with van der Waals surface area (Å²) in [7, 11) is 0. The molecule has 0 amide bonds. The van der Waals surface area contributed by atoms with Crippen LogP contribution in [-0.2, 0) is 6.54 Å². The van der Waals surface area contributed by atoms with Crippen LogP contribution in [0.5, 0.6) is 0 Å². The van der Waals surface area contributed by atoms with Crippen LogP contribution in [0.4, 0.5) is 0 Å². The summed E-state index contributed by atoms with van der Waals surface area (Å²) in [6, 6.07) is 8.05.